The van der Waals surface area contributed by atoms with Gasteiger partial charge in [0, 0.05) is 43.7 Å². The quantitative estimate of drug-likeness (QED) is 0.513. The number of nitrogens with zero attached hydrogens (tertiary/aromatic N) is 3. The topological polar surface area (TPSA) is 65.5 Å². The Morgan fingerprint density at radius 1 is 1.27 bits per heavy atom. The number of halogens is 2. The van der Waals surface area contributed by atoms with Gasteiger partial charge in [-0.1, -0.05) is 35.9 Å². The smallest absolute Gasteiger partial charge is 0.266 e. The monoisotopic (exact) mass is 506 g/mol. The highest BCUT2D eigenvalue weighted by Crippen LogP contribution is 2.39. The molecule has 0 radical (unpaired) electrons. The van der Waals surface area contributed by atoms with Crippen molar-refractivity contribution in [1.82, 2.24) is 9.88 Å². The van der Waals surface area contributed by atoms with Gasteiger partial charge in [0.1, 0.15) is 10.7 Å². The molecule has 1 fully saturated rings. The lowest BCUT2D eigenvalue weighted by Crippen LogP contribution is -2.35. The van der Waals surface area contributed by atoms with Crippen LogP contribution in [0.5, 0.6) is 0 Å². The minimum atomic E-state index is -4.14. The lowest BCUT2D eigenvalue weighted by Gasteiger charge is -2.30. The zero-order valence-corrected chi connectivity index (χ0v) is 20.4. The highest BCUT2D eigenvalue weighted by Gasteiger charge is 2.35. The summed E-state index contributed by atoms with van der Waals surface area (Å²) in [6.07, 6.45) is 3.14. The molecule has 1 saturated heterocycles. The Labute approximate surface area is 202 Å². The van der Waals surface area contributed by atoms with E-state index in [1.54, 1.807) is 0 Å². The third-order valence-electron chi connectivity index (χ3n) is 6.63. The molecule has 2 atom stereocenters. The van der Waals surface area contributed by atoms with Crippen LogP contribution in [0.1, 0.15) is 30.0 Å². The number of nitrogens with one attached hydrogen (secondary N) is 1. The van der Waals surface area contributed by atoms with Crippen LogP contribution in [0.25, 0.3) is 0 Å². The molecule has 2 aliphatic rings. The average Bonchev–Trinajstić information content (AvgIpc) is 3.54. The fourth-order valence-electron chi connectivity index (χ4n) is 4.93. The van der Waals surface area contributed by atoms with Gasteiger partial charge in [0.05, 0.1) is 16.2 Å². The second-order valence-electron chi connectivity index (χ2n) is 8.51. The number of hydrogen-bond acceptors (Lipinski definition) is 6. The maximum atomic E-state index is 15.0. The van der Waals surface area contributed by atoms with Crippen molar-refractivity contribution in [3.8, 4) is 0 Å². The SMILES string of the molecule is CN(c1cc(F)c(S(=O)(=O)Nc2cscn2)cc1Cl)C1CCN([C@@H]2CCc3ccccc32)C1. The molecule has 10 heteroatoms. The molecular weight excluding hydrogens is 483 g/mol. The number of benzene rings is 2. The molecule has 1 unspecified atom stereocenters. The molecule has 0 spiro atoms. The number of thiazole rings is 1. The number of likely N-dealkylation sites (tertiary alicyclic amines) is 1. The van der Waals surface area contributed by atoms with Crippen LogP contribution in [0, 0.1) is 5.82 Å². The van der Waals surface area contributed by atoms with E-state index in [4.69, 9.17) is 11.6 Å². The van der Waals surface area contributed by atoms with Crippen molar-refractivity contribution in [2.75, 3.05) is 29.8 Å². The minimum absolute atomic E-state index is 0.149. The Morgan fingerprint density at radius 3 is 2.88 bits per heavy atom. The standard InChI is InChI=1S/C23H24ClFN4O2S2/c1-28(16-8-9-29(12-16)20-7-6-15-4-2-3-5-17(15)20)21-11-19(25)22(10-18(21)24)33(30,31)27-23-13-32-14-26-23/h2-5,10-11,13-14,16,20,27H,6-9,12H2,1H3/t16?,20-/m1/s1. The molecule has 33 heavy (non-hydrogen) atoms. The average molecular weight is 507 g/mol. The molecule has 3 aromatic rings. The number of hydrogen-bond donors (Lipinski definition) is 1. The van der Waals surface area contributed by atoms with Crippen molar-refractivity contribution in [1.29, 1.82) is 0 Å². The van der Waals surface area contributed by atoms with Crippen molar-refractivity contribution >= 4 is 44.5 Å². The highest BCUT2D eigenvalue weighted by atomic mass is 35.5. The van der Waals surface area contributed by atoms with Crippen molar-refractivity contribution in [3.63, 3.8) is 0 Å². The van der Waals surface area contributed by atoms with E-state index in [1.807, 2.05) is 11.9 Å². The predicted octanol–water partition coefficient (Wildman–Crippen LogP) is 4.93. The van der Waals surface area contributed by atoms with E-state index in [-0.39, 0.29) is 16.9 Å². The maximum absolute atomic E-state index is 15.0. The van der Waals surface area contributed by atoms with Crippen LogP contribution >= 0.6 is 22.9 Å². The number of anilines is 2. The summed E-state index contributed by atoms with van der Waals surface area (Å²) in [6.45, 7) is 1.80. The molecule has 6 nitrogen and oxygen atoms in total. The number of rotatable bonds is 6. The van der Waals surface area contributed by atoms with Crippen molar-refractivity contribution in [3.05, 3.63) is 69.3 Å². The molecule has 1 N–H and O–H groups in total. The van der Waals surface area contributed by atoms with E-state index in [2.05, 4.69) is 38.9 Å². The Bertz CT molecular complexity index is 1270. The molecule has 2 aromatic carbocycles. The van der Waals surface area contributed by atoms with Crippen molar-refractivity contribution in [2.24, 2.45) is 0 Å². The highest BCUT2D eigenvalue weighted by molar-refractivity contribution is 7.92. The van der Waals surface area contributed by atoms with Gasteiger partial charge in [-0.3, -0.25) is 9.62 Å². The van der Waals surface area contributed by atoms with Crippen LogP contribution in [-0.2, 0) is 16.4 Å². The summed E-state index contributed by atoms with van der Waals surface area (Å²) < 4.78 is 42.5. The number of aromatic nitrogens is 1. The summed E-state index contributed by atoms with van der Waals surface area (Å²) >= 11 is 7.71. The van der Waals surface area contributed by atoms with Gasteiger partial charge in [0.15, 0.2) is 5.82 Å². The molecule has 1 aliphatic heterocycles. The van der Waals surface area contributed by atoms with Crippen LogP contribution < -0.4 is 9.62 Å². The third kappa shape index (κ3) is 4.35. The first-order chi connectivity index (χ1) is 15.8. The van der Waals surface area contributed by atoms with Crippen LogP contribution in [-0.4, -0.2) is 44.5 Å². The molecular formula is C23H24ClFN4O2S2. The van der Waals surface area contributed by atoms with Crippen LogP contribution in [0.15, 0.2) is 52.2 Å². The molecule has 0 bridgehead atoms. The first-order valence-electron chi connectivity index (χ1n) is 10.8. The maximum Gasteiger partial charge on any atom is 0.266 e. The van der Waals surface area contributed by atoms with Gasteiger partial charge in [0.2, 0.25) is 0 Å². The van der Waals surface area contributed by atoms with E-state index in [0.717, 1.165) is 32.4 Å². The molecule has 1 aliphatic carbocycles. The van der Waals surface area contributed by atoms with Gasteiger partial charge >= 0.3 is 0 Å². The van der Waals surface area contributed by atoms with Gasteiger partial charge in [-0.15, -0.1) is 11.3 Å². The summed E-state index contributed by atoms with van der Waals surface area (Å²) in [7, 11) is -2.25. The second-order valence-corrected chi connectivity index (χ2v) is 11.3. The van der Waals surface area contributed by atoms with Gasteiger partial charge in [-0.2, -0.15) is 0 Å². The number of sulfonamides is 1. The molecule has 174 valence electrons. The summed E-state index contributed by atoms with van der Waals surface area (Å²) in [5.41, 5.74) is 4.81. The largest absolute Gasteiger partial charge is 0.369 e. The predicted molar refractivity (Wildman–Crippen MR) is 130 cm³/mol. The first-order valence-corrected chi connectivity index (χ1v) is 13.6. The first kappa shape index (κ1) is 22.6. The molecule has 2 heterocycles. The second kappa shape index (κ2) is 8.87. The van der Waals surface area contributed by atoms with Gasteiger partial charge in [-0.25, -0.2) is 17.8 Å². The molecule has 1 aromatic heterocycles. The van der Waals surface area contributed by atoms with Crippen LogP contribution in [0.4, 0.5) is 15.9 Å². The van der Waals surface area contributed by atoms with Gasteiger partial charge in [-0.05, 0) is 36.5 Å². The summed E-state index contributed by atoms with van der Waals surface area (Å²) in [5.74, 6) is -0.695. The Hall–Kier alpha value is -2.20. The minimum Gasteiger partial charge on any atom is -0.369 e. The fraction of sp³-hybridized carbons (Fsp3) is 0.348. The van der Waals surface area contributed by atoms with Crippen LogP contribution in [0.2, 0.25) is 5.02 Å². The normalized spacial score (nSPS) is 20.7. The molecule has 5 rings (SSSR count). The van der Waals surface area contributed by atoms with Gasteiger partial charge in [0.25, 0.3) is 10.0 Å². The lowest BCUT2D eigenvalue weighted by atomic mass is 10.1. The summed E-state index contributed by atoms with van der Waals surface area (Å²) in [5, 5.41) is 1.73. The number of likely N-dealkylation sites (N-methyl/N-ethyl adjacent to an activating group) is 1. The van der Waals surface area contributed by atoms with E-state index >= 15 is 0 Å². The van der Waals surface area contributed by atoms with E-state index in [0.29, 0.717) is 11.7 Å². The molecule has 0 amide bonds. The van der Waals surface area contributed by atoms with Crippen molar-refractivity contribution < 1.29 is 12.8 Å². The van der Waals surface area contributed by atoms with Crippen molar-refractivity contribution in [2.45, 2.75) is 36.2 Å². The zero-order valence-electron chi connectivity index (χ0n) is 18.0. The molecule has 0 saturated carbocycles. The summed E-state index contributed by atoms with van der Waals surface area (Å²) in [4.78, 5) is 7.86. The van der Waals surface area contributed by atoms with Crippen LogP contribution in [0.3, 0.4) is 0 Å². The van der Waals surface area contributed by atoms with Gasteiger partial charge < -0.3 is 4.90 Å². The van der Waals surface area contributed by atoms with E-state index in [9.17, 15) is 12.8 Å². The third-order valence-corrected chi connectivity index (χ3v) is 8.89. The Kier molecular flexibility index (Phi) is 6.07. The zero-order chi connectivity index (χ0) is 23.2. The lowest BCUT2D eigenvalue weighted by molar-refractivity contribution is 0.242. The summed E-state index contributed by atoms with van der Waals surface area (Å²) in [6, 6.07) is 11.6. The Balaban J connectivity index is 1.33. The number of aryl methyl sites for hydroxylation is 1. The Morgan fingerprint density at radius 2 is 2.09 bits per heavy atom. The fourth-order valence-corrected chi connectivity index (χ4v) is 6.93. The number of fused-ring (bicyclic) bond motifs is 1. The van der Waals surface area contributed by atoms with E-state index < -0.39 is 20.7 Å². The van der Waals surface area contributed by atoms with E-state index in [1.165, 1.54) is 45.5 Å².